The van der Waals surface area contributed by atoms with E-state index in [0.29, 0.717) is 6.61 Å². The van der Waals surface area contributed by atoms with Crippen molar-refractivity contribution in [3.63, 3.8) is 0 Å². The van der Waals surface area contributed by atoms with E-state index in [1.165, 1.54) is 0 Å². The third-order valence-electron chi connectivity index (χ3n) is 2.71. The van der Waals surface area contributed by atoms with Gasteiger partial charge in [0.2, 0.25) is 0 Å². The van der Waals surface area contributed by atoms with E-state index in [1.807, 2.05) is 24.3 Å². The topological polar surface area (TPSA) is 30.5 Å². The Bertz CT molecular complexity index is 346. The fraction of sp³-hybridized carbons (Fsp3) is 0.500. The summed E-state index contributed by atoms with van der Waals surface area (Å²) in [5.74, 6) is 0.850. The molecule has 1 saturated heterocycles. The van der Waals surface area contributed by atoms with Crippen molar-refractivity contribution < 1.29 is 9.47 Å². The molecule has 1 N–H and O–H groups in total. The number of hydrogen-bond donors (Lipinski definition) is 1. The van der Waals surface area contributed by atoms with Crippen LogP contribution in [0.2, 0.25) is 0 Å². The van der Waals surface area contributed by atoms with E-state index in [9.17, 15) is 0 Å². The molecule has 0 radical (unpaired) electrons. The number of ether oxygens (including phenoxy) is 2. The first kappa shape index (κ1) is 11.6. The second-order valence-corrected chi connectivity index (χ2v) is 4.42. The molecule has 0 aromatic heterocycles. The van der Waals surface area contributed by atoms with Gasteiger partial charge in [-0.3, -0.25) is 0 Å². The molecule has 1 heterocycles. The first-order valence-electron chi connectivity index (χ1n) is 5.42. The molecule has 88 valence electrons. The highest BCUT2D eigenvalue weighted by Gasteiger charge is 2.23. The quantitative estimate of drug-likeness (QED) is 0.825. The first-order chi connectivity index (χ1) is 7.79. The van der Waals surface area contributed by atoms with Crippen LogP contribution in [0.5, 0.6) is 5.75 Å². The van der Waals surface area contributed by atoms with Crippen molar-refractivity contribution >= 4 is 17.3 Å². The maximum Gasteiger partial charge on any atom is 0.120 e. The molecule has 1 aromatic rings. The monoisotopic (exact) mass is 241 g/mol. The molecule has 2 unspecified atom stereocenters. The van der Waals surface area contributed by atoms with Crippen molar-refractivity contribution in [3.8, 4) is 5.75 Å². The summed E-state index contributed by atoms with van der Waals surface area (Å²) in [5.41, 5.74) is 1.04. The van der Waals surface area contributed by atoms with Crippen LogP contribution in [0, 0.1) is 0 Å². The number of benzene rings is 1. The van der Waals surface area contributed by atoms with Gasteiger partial charge in [0.1, 0.15) is 5.75 Å². The van der Waals surface area contributed by atoms with Crippen LogP contribution in [0.4, 0.5) is 5.69 Å². The lowest BCUT2D eigenvalue weighted by atomic mass is 10.1. The predicted molar refractivity (Wildman–Crippen MR) is 65.5 cm³/mol. The minimum absolute atomic E-state index is 0.0277. The van der Waals surface area contributed by atoms with Crippen LogP contribution in [-0.4, -0.2) is 31.7 Å². The van der Waals surface area contributed by atoms with Crippen molar-refractivity contribution in [2.75, 3.05) is 25.6 Å². The van der Waals surface area contributed by atoms with Gasteiger partial charge in [-0.2, -0.15) is 0 Å². The second kappa shape index (κ2) is 5.41. The number of alkyl halides is 1. The Hall–Kier alpha value is -0.930. The zero-order chi connectivity index (χ0) is 11.4. The average Bonchev–Trinajstić information content (AvgIpc) is 2.32. The van der Waals surface area contributed by atoms with Crippen LogP contribution in [0.25, 0.3) is 0 Å². The third-order valence-corrected chi connectivity index (χ3v) is 3.14. The Morgan fingerprint density at radius 1 is 1.50 bits per heavy atom. The molecule has 0 spiro atoms. The lowest BCUT2D eigenvalue weighted by molar-refractivity contribution is 0.0935. The summed E-state index contributed by atoms with van der Waals surface area (Å²) in [6.45, 7) is 1.38. The normalized spacial score (nSPS) is 25.1. The van der Waals surface area contributed by atoms with Gasteiger partial charge in [0.05, 0.1) is 19.1 Å². The maximum absolute atomic E-state index is 6.19. The summed E-state index contributed by atoms with van der Waals surface area (Å²) in [6.07, 6.45) is 0.936. The lowest BCUT2D eigenvalue weighted by Crippen LogP contribution is -2.38. The van der Waals surface area contributed by atoms with Gasteiger partial charge in [-0.1, -0.05) is 6.07 Å². The molecule has 3 nitrogen and oxygen atoms in total. The number of anilines is 1. The molecule has 16 heavy (non-hydrogen) atoms. The number of rotatable bonds is 3. The predicted octanol–water partition coefficient (Wildman–Crippen LogP) is 2.50. The number of hydrogen-bond acceptors (Lipinski definition) is 3. The fourth-order valence-corrected chi connectivity index (χ4v) is 2.07. The van der Waals surface area contributed by atoms with Crippen molar-refractivity contribution in [2.24, 2.45) is 0 Å². The van der Waals surface area contributed by atoms with E-state index in [2.05, 4.69) is 5.32 Å². The minimum atomic E-state index is 0.0277. The largest absolute Gasteiger partial charge is 0.497 e. The van der Waals surface area contributed by atoms with E-state index in [-0.39, 0.29) is 11.4 Å². The third kappa shape index (κ3) is 2.80. The maximum atomic E-state index is 6.19. The van der Waals surface area contributed by atoms with Gasteiger partial charge in [0, 0.05) is 24.4 Å². The van der Waals surface area contributed by atoms with Crippen molar-refractivity contribution in [1.29, 1.82) is 0 Å². The van der Waals surface area contributed by atoms with E-state index in [0.717, 1.165) is 24.5 Å². The summed E-state index contributed by atoms with van der Waals surface area (Å²) >= 11 is 6.19. The molecule has 0 amide bonds. The van der Waals surface area contributed by atoms with E-state index in [1.54, 1.807) is 7.11 Å². The Kier molecular flexibility index (Phi) is 3.91. The zero-order valence-corrected chi connectivity index (χ0v) is 10.0. The molecule has 2 rings (SSSR count). The Morgan fingerprint density at radius 3 is 3.12 bits per heavy atom. The van der Waals surface area contributed by atoms with E-state index in [4.69, 9.17) is 21.1 Å². The Labute approximate surface area is 101 Å². The molecule has 0 bridgehead atoms. The van der Waals surface area contributed by atoms with Crippen molar-refractivity contribution in [1.82, 2.24) is 0 Å². The first-order valence-corrected chi connectivity index (χ1v) is 5.85. The lowest BCUT2D eigenvalue weighted by Gasteiger charge is -2.28. The molecular formula is C12H16ClNO2. The van der Waals surface area contributed by atoms with Gasteiger partial charge >= 0.3 is 0 Å². The summed E-state index contributed by atoms with van der Waals surface area (Å²) in [4.78, 5) is 0. The molecule has 1 aromatic carbocycles. The molecule has 4 heteroatoms. The van der Waals surface area contributed by atoms with Crippen LogP contribution >= 0.6 is 11.6 Å². The number of methoxy groups -OCH3 is 1. The van der Waals surface area contributed by atoms with Crippen LogP contribution in [0.15, 0.2) is 24.3 Å². The van der Waals surface area contributed by atoms with Crippen LogP contribution in [0.3, 0.4) is 0 Å². The number of nitrogens with one attached hydrogen (secondary N) is 1. The summed E-state index contributed by atoms with van der Waals surface area (Å²) < 4.78 is 10.5. The minimum Gasteiger partial charge on any atom is -0.497 e. The summed E-state index contributed by atoms with van der Waals surface area (Å²) in [6, 6.07) is 8.14. The summed E-state index contributed by atoms with van der Waals surface area (Å²) in [5, 5.41) is 3.44. The standard InChI is InChI=1S/C12H16ClNO2/c1-15-10-4-2-3-9(7-10)14-12-5-6-16-8-11(12)13/h2-4,7,11-12,14H,5-6,8H2,1H3. The van der Waals surface area contributed by atoms with Crippen molar-refractivity contribution in [2.45, 2.75) is 17.8 Å². The highest BCUT2D eigenvalue weighted by atomic mass is 35.5. The van der Waals surface area contributed by atoms with E-state index >= 15 is 0 Å². The van der Waals surface area contributed by atoms with Crippen LogP contribution < -0.4 is 10.1 Å². The van der Waals surface area contributed by atoms with E-state index < -0.39 is 0 Å². The summed E-state index contributed by atoms with van der Waals surface area (Å²) in [7, 11) is 1.66. The molecule has 1 aliphatic heterocycles. The average molecular weight is 242 g/mol. The Morgan fingerprint density at radius 2 is 2.38 bits per heavy atom. The second-order valence-electron chi connectivity index (χ2n) is 3.86. The highest BCUT2D eigenvalue weighted by molar-refractivity contribution is 6.21. The van der Waals surface area contributed by atoms with Crippen LogP contribution in [0.1, 0.15) is 6.42 Å². The fourth-order valence-electron chi connectivity index (χ4n) is 1.79. The SMILES string of the molecule is COc1cccc(NC2CCOCC2Cl)c1. The van der Waals surface area contributed by atoms with Gasteiger partial charge in [0.15, 0.2) is 0 Å². The van der Waals surface area contributed by atoms with Gasteiger partial charge in [-0.15, -0.1) is 11.6 Å². The highest BCUT2D eigenvalue weighted by Crippen LogP contribution is 2.22. The molecule has 1 fully saturated rings. The molecule has 2 atom stereocenters. The molecule has 1 aliphatic rings. The van der Waals surface area contributed by atoms with Gasteiger partial charge in [-0.25, -0.2) is 0 Å². The smallest absolute Gasteiger partial charge is 0.120 e. The zero-order valence-electron chi connectivity index (χ0n) is 9.28. The van der Waals surface area contributed by atoms with Crippen LogP contribution in [-0.2, 0) is 4.74 Å². The molecule has 0 saturated carbocycles. The van der Waals surface area contributed by atoms with Gasteiger partial charge in [-0.05, 0) is 18.6 Å². The molecule has 0 aliphatic carbocycles. The van der Waals surface area contributed by atoms with Crippen molar-refractivity contribution in [3.05, 3.63) is 24.3 Å². The van der Waals surface area contributed by atoms with Gasteiger partial charge in [0.25, 0.3) is 0 Å². The Balaban J connectivity index is 2.01. The number of halogens is 1. The van der Waals surface area contributed by atoms with Gasteiger partial charge < -0.3 is 14.8 Å². The molecular weight excluding hydrogens is 226 g/mol.